The van der Waals surface area contributed by atoms with Crippen LogP contribution in [-0.4, -0.2) is 18.3 Å². The topological polar surface area (TPSA) is 39.7 Å². The summed E-state index contributed by atoms with van der Waals surface area (Å²) in [6.07, 6.45) is 2.61. The molecule has 1 N–H and O–H groups in total. The van der Waals surface area contributed by atoms with E-state index < -0.39 is 0 Å². The number of rotatable bonds is 7. The molecule has 1 fully saturated rings. The lowest BCUT2D eigenvalue weighted by molar-refractivity contribution is -0.938. The van der Waals surface area contributed by atoms with Gasteiger partial charge in [-0.3, -0.25) is 0 Å². The Bertz CT molecular complexity index is 776. The van der Waals surface area contributed by atoms with Crippen molar-refractivity contribution in [1.82, 2.24) is 5.16 Å². The van der Waals surface area contributed by atoms with E-state index in [0.717, 1.165) is 41.2 Å². The van der Waals surface area contributed by atoms with Gasteiger partial charge in [0.05, 0.1) is 18.0 Å². The highest BCUT2D eigenvalue weighted by molar-refractivity contribution is 7.13. The molecule has 0 saturated heterocycles. The summed E-state index contributed by atoms with van der Waals surface area (Å²) in [5.74, 6) is 1.78. The van der Waals surface area contributed by atoms with E-state index in [4.69, 9.17) is 9.26 Å². The third-order valence-electron chi connectivity index (χ3n) is 4.48. The number of hydrogen-bond donors (Lipinski definition) is 1. The van der Waals surface area contributed by atoms with Crippen LogP contribution in [0.15, 0.2) is 52.4 Å². The van der Waals surface area contributed by atoms with Crippen molar-refractivity contribution >= 4 is 11.3 Å². The molecule has 1 unspecified atom stereocenters. The molecule has 1 aromatic carbocycles. The van der Waals surface area contributed by atoms with Crippen molar-refractivity contribution in [1.29, 1.82) is 0 Å². The fraction of sp³-hybridized carbons (Fsp3) is 0.316. The van der Waals surface area contributed by atoms with Gasteiger partial charge in [0.15, 0.2) is 5.76 Å². The zero-order valence-electron chi connectivity index (χ0n) is 13.7. The number of hydrogen-bond acceptors (Lipinski definition) is 4. The molecule has 124 valence electrons. The Balaban J connectivity index is 1.45. The number of nitrogens with zero attached hydrogens (tertiary/aromatic N) is 1. The van der Waals surface area contributed by atoms with E-state index in [2.05, 4.69) is 34.8 Å². The predicted molar refractivity (Wildman–Crippen MR) is 94.2 cm³/mol. The zero-order chi connectivity index (χ0) is 16.4. The quantitative estimate of drug-likeness (QED) is 0.717. The third-order valence-corrected chi connectivity index (χ3v) is 5.36. The van der Waals surface area contributed by atoms with Gasteiger partial charge in [-0.15, -0.1) is 11.3 Å². The van der Waals surface area contributed by atoms with E-state index in [0.29, 0.717) is 0 Å². The second-order valence-corrected chi connectivity index (χ2v) is 7.24. The normalized spacial score (nSPS) is 15.4. The molecule has 1 atom stereocenters. The van der Waals surface area contributed by atoms with E-state index in [1.54, 1.807) is 23.3 Å². The van der Waals surface area contributed by atoms with Gasteiger partial charge in [0.1, 0.15) is 24.5 Å². The molecule has 1 saturated carbocycles. The highest BCUT2D eigenvalue weighted by Gasteiger charge is 2.34. The van der Waals surface area contributed by atoms with Gasteiger partial charge in [-0.1, -0.05) is 11.2 Å². The van der Waals surface area contributed by atoms with Crippen LogP contribution in [0.2, 0.25) is 0 Å². The molecule has 0 spiro atoms. The van der Waals surface area contributed by atoms with Crippen molar-refractivity contribution < 1.29 is 14.2 Å². The van der Waals surface area contributed by atoms with Gasteiger partial charge in [0, 0.05) is 24.5 Å². The molecule has 4 nitrogen and oxygen atoms in total. The average Bonchev–Trinajstić information content (AvgIpc) is 3.11. The highest BCUT2D eigenvalue weighted by atomic mass is 32.1. The van der Waals surface area contributed by atoms with Crippen molar-refractivity contribution in [3.63, 3.8) is 0 Å². The van der Waals surface area contributed by atoms with Gasteiger partial charge in [-0.25, -0.2) is 0 Å². The number of methoxy groups -OCH3 is 1. The molecular formula is C19H21N2O2S+. The Labute approximate surface area is 145 Å². The summed E-state index contributed by atoms with van der Waals surface area (Å²) in [7, 11) is 1.70. The fourth-order valence-corrected chi connectivity index (χ4v) is 3.68. The molecule has 4 rings (SSSR count). The summed E-state index contributed by atoms with van der Waals surface area (Å²) in [4.78, 5) is 2.70. The molecule has 1 aliphatic rings. The van der Waals surface area contributed by atoms with Gasteiger partial charge in [-0.2, -0.15) is 0 Å². The maximum atomic E-state index is 5.52. The van der Waals surface area contributed by atoms with Crippen LogP contribution in [0.1, 0.15) is 24.1 Å². The number of benzene rings is 1. The van der Waals surface area contributed by atoms with E-state index in [1.807, 2.05) is 18.2 Å². The highest BCUT2D eigenvalue weighted by Crippen LogP contribution is 2.25. The third kappa shape index (κ3) is 3.52. The van der Waals surface area contributed by atoms with Crippen LogP contribution < -0.4 is 9.64 Å². The van der Waals surface area contributed by atoms with E-state index >= 15 is 0 Å². The first-order chi connectivity index (χ1) is 11.8. The molecule has 24 heavy (non-hydrogen) atoms. The number of aromatic nitrogens is 1. The van der Waals surface area contributed by atoms with Gasteiger partial charge < -0.3 is 14.2 Å². The molecule has 1 aliphatic carbocycles. The minimum atomic E-state index is 0.744. The molecule has 0 radical (unpaired) electrons. The Morgan fingerprint density at radius 2 is 2.04 bits per heavy atom. The van der Waals surface area contributed by atoms with E-state index in [9.17, 15) is 0 Å². The molecule has 2 heterocycles. The second-order valence-electron chi connectivity index (χ2n) is 6.29. The van der Waals surface area contributed by atoms with Gasteiger partial charge in [0.25, 0.3) is 0 Å². The van der Waals surface area contributed by atoms with Crippen molar-refractivity contribution in [2.45, 2.75) is 32.0 Å². The van der Waals surface area contributed by atoms with Crippen LogP contribution in [0.4, 0.5) is 0 Å². The summed E-state index contributed by atoms with van der Waals surface area (Å²) in [6.45, 7) is 1.92. The van der Waals surface area contributed by atoms with Crippen LogP contribution >= 0.6 is 11.3 Å². The minimum Gasteiger partial charge on any atom is -0.497 e. The fourth-order valence-electron chi connectivity index (χ4n) is 3.01. The van der Waals surface area contributed by atoms with Gasteiger partial charge >= 0.3 is 0 Å². The molecule has 0 bridgehead atoms. The Morgan fingerprint density at radius 1 is 1.21 bits per heavy atom. The molecule has 0 aliphatic heterocycles. The first kappa shape index (κ1) is 15.4. The summed E-state index contributed by atoms with van der Waals surface area (Å²) in [5.41, 5.74) is 2.37. The number of ether oxygens (including phenoxy) is 1. The smallest absolute Gasteiger partial charge is 0.177 e. The van der Waals surface area contributed by atoms with Crippen molar-refractivity contribution in [2.75, 3.05) is 7.11 Å². The minimum absolute atomic E-state index is 0.744. The predicted octanol–water partition coefficient (Wildman–Crippen LogP) is 3.16. The lowest BCUT2D eigenvalue weighted by Crippen LogP contribution is -3.10. The lowest BCUT2D eigenvalue weighted by atomic mass is 10.2. The molecule has 5 heteroatoms. The maximum absolute atomic E-state index is 5.52. The zero-order valence-corrected chi connectivity index (χ0v) is 14.5. The molecular weight excluding hydrogens is 320 g/mol. The molecule has 0 amide bonds. The Hall–Kier alpha value is -2.11. The second kappa shape index (κ2) is 6.79. The Morgan fingerprint density at radius 3 is 2.71 bits per heavy atom. The number of quaternary nitrogens is 1. The number of nitrogens with one attached hydrogen (secondary N) is 1. The van der Waals surface area contributed by atoms with E-state index in [-0.39, 0.29) is 0 Å². The number of thiophene rings is 1. The van der Waals surface area contributed by atoms with Crippen LogP contribution in [0.5, 0.6) is 5.75 Å². The SMILES string of the molecule is COc1ccc(C[NH+](Cc2cc(-c3cccs3)on2)C2CC2)cc1. The van der Waals surface area contributed by atoms with Crippen molar-refractivity contribution in [3.8, 4) is 16.4 Å². The van der Waals surface area contributed by atoms with Gasteiger partial charge in [-0.05, 0) is 35.7 Å². The summed E-state index contributed by atoms with van der Waals surface area (Å²) >= 11 is 1.68. The summed E-state index contributed by atoms with van der Waals surface area (Å²) < 4.78 is 10.8. The summed E-state index contributed by atoms with van der Waals surface area (Å²) in [6, 6.07) is 15.3. The van der Waals surface area contributed by atoms with Crippen molar-refractivity contribution in [3.05, 3.63) is 59.1 Å². The molecule has 2 aromatic heterocycles. The monoisotopic (exact) mass is 341 g/mol. The van der Waals surface area contributed by atoms with E-state index in [1.165, 1.54) is 18.4 Å². The standard InChI is InChI=1S/C19H20N2O2S/c1-22-17-8-4-14(5-9-17)12-21(16-6-7-16)13-15-11-18(23-20-15)19-3-2-10-24-19/h2-5,8-11,16H,6-7,12-13H2,1H3/p+1. The Kier molecular flexibility index (Phi) is 4.36. The van der Waals surface area contributed by atoms with Gasteiger partial charge in [0.2, 0.25) is 0 Å². The maximum Gasteiger partial charge on any atom is 0.177 e. The van der Waals surface area contributed by atoms with Crippen LogP contribution in [0.25, 0.3) is 10.6 Å². The van der Waals surface area contributed by atoms with Crippen LogP contribution in [0.3, 0.4) is 0 Å². The van der Waals surface area contributed by atoms with Crippen molar-refractivity contribution in [2.24, 2.45) is 0 Å². The largest absolute Gasteiger partial charge is 0.497 e. The first-order valence-corrected chi connectivity index (χ1v) is 9.17. The van der Waals surface area contributed by atoms with Crippen LogP contribution in [-0.2, 0) is 13.1 Å². The first-order valence-electron chi connectivity index (χ1n) is 8.29. The molecule has 3 aromatic rings. The van der Waals surface area contributed by atoms with Crippen LogP contribution in [0, 0.1) is 0 Å². The lowest BCUT2D eigenvalue weighted by Gasteiger charge is -2.18. The average molecular weight is 341 g/mol. The summed E-state index contributed by atoms with van der Waals surface area (Å²) in [5, 5.41) is 6.34.